The van der Waals surface area contributed by atoms with Crippen LogP contribution in [0.25, 0.3) is 16.7 Å². The zero-order valence-corrected chi connectivity index (χ0v) is 19.4. The number of rotatable bonds is 7. The summed E-state index contributed by atoms with van der Waals surface area (Å²) in [6, 6.07) is 14.0. The molecule has 2 aromatic carbocycles. The summed E-state index contributed by atoms with van der Waals surface area (Å²) in [7, 11) is 0. The molecule has 8 nitrogen and oxygen atoms in total. The van der Waals surface area contributed by atoms with E-state index in [1.54, 1.807) is 42.6 Å². The molecule has 0 unspecified atom stereocenters. The van der Waals surface area contributed by atoms with Crippen LogP contribution in [0.4, 0.5) is 0 Å². The Labute approximate surface area is 196 Å². The van der Waals surface area contributed by atoms with Crippen molar-refractivity contribution in [3.8, 4) is 11.4 Å². The van der Waals surface area contributed by atoms with Gasteiger partial charge in [-0.25, -0.2) is 10.2 Å². The van der Waals surface area contributed by atoms with E-state index in [1.165, 1.54) is 0 Å². The highest BCUT2D eigenvalue weighted by Gasteiger charge is 2.15. The van der Waals surface area contributed by atoms with Gasteiger partial charge in [-0.3, -0.25) is 4.79 Å². The monoisotopic (exact) mass is 459 g/mol. The minimum atomic E-state index is -0.979. The molecule has 0 bridgehead atoms. The van der Waals surface area contributed by atoms with Crippen molar-refractivity contribution < 1.29 is 23.8 Å². The molecule has 2 heterocycles. The largest absolute Gasteiger partial charge is 0.494 e. The van der Waals surface area contributed by atoms with Gasteiger partial charge in [0, 0.05) is 28.0 Å². The zero-order valence-electron chi connectivity index (χ0n) is 19.4. The number of aromatic carboxylic acids is 1. The van der Waals surface area contributed by atoms with E-state index < -0.39 is 11.9 Å². The standard InChI is InChI=1S/C26H25N3O5/c1-5-33-21-8-9-23-19(11-21)13-24(34-23)25(30)28-27-14-20-10-16(3)29(17(20)4)22-12-18(26(31)32)7-6-15(22)2/h6-14H,5H2,1-4H3,(H,28,30)(H,31,32)/b27-14+. The molecular weight excluding hydrogens is 434 g/mol. The third-order valence-electron chi connectivity index (χ3n) is 5.56. The average molecular weight is 460 g/mol. The van der Waals surface area contributed by atoms with Crippen molar-refractivity contribution in [2.75, 3.05) is 6.61 Å². The number of hydrazone groups is 1. The van der Waals surface area contributed by atoms with Crippen molar-refractivity contribution in [1.82, 2.24) is 9.99 Å². The van der Waals surface area contributed by atoms with Gasteiger partial charge in [0.1, 0.15) is 11.3 Å². The maximum atomic E-state index is 12.5. The first-order valence-corrected chi connectivity index (χ1v) is 10.8. The van der Waals surface area contributed by atoms with Crippen molar-refractivity contribution in [2.24, 2.45) is 5.10 Å². The molecule has 0 fully saturated rings. The van der Waals surface area contributed by atoms with E-state index in [2.05, 4.69) is 10.5 Å². The molecule has 0 saturated heterocycles. The van der Waals surface area contributed by atoms with E-state index in [0.717, 1.165) is 33.6 Å². The van der Waals surface area contributed by atoms with Crippen LogP contribution in [0.2, 0.25) is 0 Å². The van der Waals surface area contributed by atoms with Gasteiger partial charge in [0.25, 0.3) is 0 Å². The molecule has 4 aromatic rings. The Morgan fingerprint density at radius 1 is 1.12 bits per heavy atom. The molecular formula is C26H25N3O5. The van der Waals surface area contributed by atoms with E-state index in [0.29, 0.717) is 17.9 Å². The summed E-state index contributed by atoms with van der Waals surface area (Å²) >= 11 is 0. The first-order valence-electron chi connectivity index (χ1n) is 10.8. The molecule has 174 valence electrons. The van der Waals surface area contributed by atoms with Crippen LogP contribution >= 0.6 is 0 Å². The van der Waals surface area contributed by atoms with Gasteiger partial charge in [-0.1, -0.05) is 6.07 Å². The van der Waals surface area contributed by atoms with Crippen LogP contribution in [0, 0.1) is 20.8 Å². The summed E-state index contributed by atoms with van der Waals surface area (Å²) < 4.78 is 13.1. The number of hydrogen-bond acceptors (Lipinski definition) is 5. The van der Waals surface area contributed by atoms with Gasteiger partial charge in [0.05, 0.1) is 18.4 Å². The molecule has 0 atom stereocenters. The Hall–Kier alpha value is -4.33. The topological polar surface area (TPSA) is 106 Å². The number of amides is 1. The highest BCUT2D eigenvalue weighted by Crippen LogP contribution is 2.25. The molecule has 0 aliphatic heterocycles. The lowest BCUT2D eigenvalue weighted by Crippen LogP contribution is -2.16. The van der Waals surface area contributed by atoms with E-state index >= 15 is 0 Å². The van der Waals surface area contributed by atoms with E-state index in [9.17, 15) is 14.7 Å². The van der Waals surface area contributed by atoms with Crippen molar-refractivity contribution >= 4 is 29.1 Å². The Balaban J connectivity index is 1.54. The summed E-state index contributed by atoms with van der Waals surface area (Å²) in [4.78, 5) is 23.9. The third kappa shape index (κ3) is 4.43. The molecule has 2 N–H and O–H groups in total. The van der Waals surface area contributed by atoms with Gasteiger partial charge < -0.3 is 18.8 Å². The zero-order chi connectivity index (χ0) is 24.4. The predicted octanol–water partition coefficient (Wildman–Crippen LogP) is 5.01. The molecule has 0 radical (unpaired) electrons. The van der Waals surface area contributed by atoms with Gasteiger partial charge in [-0.05, 0) is 75.7 Å². The van der Waals surface area contributed by atoms with Crippen LogP contribution in [0.1, 0.15) is 50.4 Å². The number of carboxylic acid groups (broad SMARTS) is 1. The molecule has 2 aromatic heterocycles. The van der Waals surface area contributed by atoms with Gasteiger partial charge in [0.15, 0.2) is 5.76 Å². The minimum Gasteiger partial charge on any atom is -0.494 e. The number of nitrogens with zero attached hydrogens (tertiary/aromatic N) is 2. The number of fused-ring (bicyclic) bond motifs is 1. The number of aromatic nitrogens is 1. The van der Waals surface area contributed by atoms with Gasteiger partial charge in [-0.2, -0.15) is 5.10 Å². The summed E-state index contributed by atoms with van der Waals surface area (Å²) in [6.07, 6.45) is 1.56. The van der Waals surface area contributed by atoms with Crippen LogP contribution in [-0.2, 0) is 0 Å². The number of carbonyl (C=O) groups excluding carboxylic acids is 1. The number of benzene rings is 2. The number of hydrogen-bond donors (Lipinski definition) is 2. The average Bonchev–Trinajstić information content (AvgIpc) is 3.34. The molecule has 34 heavy (non-hydrogen) atoms. The fourth-order valence-corrected chi connectivity index (χ4v) is 3.88. The Kier molecular flexibility index (Phi) is 6.23. The minimum absolute atomic E-state index is 0.146. The Bertz CT molecular complexity index is 1430. The number of furan rings is 1. The maximum Gasteiger partial charge on any atom is 0.335 e. The number of aryl methyl sites for hydroxylation is 2. The van der Waals surface area contributed by atoms with Gasteiger partial charge >= 0.3 is 11.9 Å². The summed E-state index contributed by atoms with van der Waals surface area (Å²) in [6.45, 7) is 8.23. The second-order valence-corrected chi connectivity index (χ2v) is 7.91. The Morgan fingerprint density at radius 3 is 2.65 bits per heavy atom. The van der Waals surface area contributed by atoms with Crippen LogP contribution in [0.3, 0.4) is 0 Å². The van der Waals surface area contributed by atoms with Crippen LogP contribution in [-0.4, -0.2) is 34.4 Å². The van der Waals surface area contributed by atoms with Crippen molar-refractivity contribution in [2.45, 2.75) is 27.7 Å². The van der Waals surface area contributed by atoms with E-state index in [1.807, 2.05) is 44.4 Å². The fourth-order valence-electron chi connectivity index (χ4n) is 3.88. The Morgan fingerprint density at radius 2 is 1.91 bits per heavy atom. The lowest BCUT2D eigenvalue weighted by Gasteiger charge is -2.13. The first kappa shape index (κ1) is 22.8. The second kappa shape index (κ2) is 9.27. The summed E-state index contributed by atoms with van der Waals surface area (Å²) in [5.74, 6) is -0.593. The quantitative estimate of drug-likeness (QED) is 0.298. The molecule has 0 spiro atoms. The number of carbonyl (C=O) groups is 2. The molecule has 8 heteroatoms. The highest BCUT2D eigenvalue weighted by molar-refractivity contribution is 5.97. The number of ether oxygens (including phenoxy) is 1. The summed E-state index contributed by atoms with van der Waals surface area (Å²) in [5.41, 5.74) is 7.61. The van der Waals surface area contributed by atoms with Gasteiger partial charge in [0.2, 0.25) is 0 Å². The number of nitrogens with one attached hydrogen (secondary N) is 1. The highest BCUT2D eigenvalue weighted by atomic mass is 16.5. The molecule has 1 amide bonds. The smallest absolute Gasteiger partial charge is 0.335 e. The molecule has 0 aliphatic rings. The van der Waals surface area contributed by atoms with E-state index in [-0.39, 0.29) is 11.3 Å². The summed E-state index contributed by atoms with van der Waals surface area (Å²) in [5, 5.41) is 14.2. The number of carboxylic acids is 1. The molecule has 4 rings (SSSR count). The van der Waals surface area contributed by atoms with Crippen molar-refractivity contribution in [3.63, 3.8) is 0 Å². The normalized spacial score (nSPS) is 11.3. The third-order valence-corrected chi connectivity index (χ3v) is 5.56. The van der Waals surface area contributed by atoms with Crippen molar-refractivity contribution in [1.29, 1.82) is 0 Å². The van der Waals surface area contributed by atoms with E-state index in [4.69, 9.17) is 9.15 Å². The lowest BCUT2D eigenvalue weighted by molar-refractivity contribution is 0.0696. The predicted molar refractivity (Wildman–Crippen MR) is 129 cm³/mol. The molecule has 0 saturated carbocycles. The van der Waals surface area contributed by atoms with Crippen LogP contribution in [0.15, 0.2) is 58.0 Å². The van der Waals surface area contributed by atoms with Crippen LogP contribution in [0.5, 0.6) is 5.75 Å². The molecule has 0 aliphatic carbocycles. The second-order valence-electron chi connectivity index (χ2n) is 7.91. The lowest BCUT2D eigenvalue weighted by atomic mass is 10.1. The maximum absolute atomic E-state index is 12.5. The first-order chi connectivity index (χ1) is 16.3. The SMILES string of the molecule is CCOc1ccc2oc(C(=O)N/N=C/c3cc(C)n(-c4cc(C(=O)O)ccc4C)c3C)cc2c1. The fraction of sp³-hybridized carbons (Fsp3) is 0.192. The van der Waals surface area contributed by atoms with Gasteiger partial charge in [-0.15, -0.1) is 0 Å². The van der Waals surface area contributed by atoms with Crippen molar-refractivity contribution in [3.05, 3.63) is 82.4 Å². The van der Waals surface area contributed by atoms with Crippen LogP contribution < -0.4 is 10.2 Å².